The Morgan fingerprint density at radius 3 is 2.00 bits per heavy atom. The van der Waals surface area contributed by atoms with E-state index < -0.39 is 0 Å². The summed E-state index contributed by atoms with van der Waals surface area (Å²) >= 11 is 0. The number of nitrogens with two attached hydrogens (primary N) is 1. The summed E-state index contributed by atoms with van der Waals surface area (Å²) in [5, 5.41) is 0. The third-order valence-electron chi connectivity index (χ3n) is 3.99. The molecule has 2 rings (SSSR count). The molecule has 0 aromatic carbocycles. The summed E-state index contributed by atoms with van der Waals surface area (Å²) in [7, 11) is 0. The van der Waals surface area contributed by atoms with Crippen molar-refractivity contribution in [3.05, 3.63) is 0 Å². The van der Waals surface area contributed by atoms with Gasteiger partial charge in [0.05, 0.1) is 0 Å². The molecular formula is C10H19N. The number of hydrogen-bond acceptors (Lipinski definition) is 1. The molecule has 11 heavy (non-hydrogen) atoms. The van der Waals surface area contributed by atoms with Gasteiger partial charge in [-0.1, -0.05) is 13.3 Å². The van der Waals surface area contributed by atoms with E-state index >= 15 is 0 Å². The van der Waals surface area contributed by atoms with Crippen LogP contribution in [0, 0.1) is 17.3 Å². The second kappa shape index (κ2) is 2.48. The molecule has 1 heteroatoms. The molecule has 2 saturated carbocycles. The van der Waals surface area contributed by atoms with Crippen LogP contribution in [0.5, 0.6) is 0 Å². The van der Waals surface area contributed by atoms with Gasteiger partial charge in [0, 0.05) is 0 Å². The van der Waals surface area contributed by atoms with Gasteiger partial charge in [-0.25, -0.2) is 0 Å². The van der Waals surface area contributed by atoms with E-state index in [1.54, 1.807) is 0 Å². The molecule has 0 aromatic rings. The van der Waals surface area contributed by atoms with Gasteiger partial charge in [-0.3, -0.25) is 0 Å². The van der Waals surface area contributed by atoms with Crippen LogP contribution in [0.4, 0.5) is 0 Å². The van der Waals surface area contributed by atoms with Crippen LogP contribution in [0.25, 0.3) is 0 Å². The standard InChI is InChI=1S/C10H19N/c1-10(7-11,9-5-6-9)8-3-2-4-8/h8-9H,2-7,11H2,1H3. The molecule has 0 spiro atoms. The lowest BCUT2D eigenvalue weighted by atomic mass is 9.64. The van der Waals surface area contributed by atoms with Crippen LogP contribution in [0.3, 0.4) is 0 Å². The van der Waals surface area contributed by atoms with Crippen molar-refractivity contribution in [3.63, 3.8) is 0 Å². The Bertz CT molecular complexity index is 147. The quantitative estimate of drug-likeness (QED) is 0.660. The van der Waals surface area contributed by atoms with Crippen LogP contribution in [0.15, 0.2) is 0 Å². The molecule has 0 bridgehead atoms. The second-order valence-electron chi connectivity index (χ2n) is 4.61. The molecule has 0 radical (unpaired) electrons. The predicted molar refractivity (Wildman–Crippen MR) is 47.2 cm³/mol. The van der Waals surface area contributed by atoms with Crippen LogP contribution in [-0.2, 0) is 0 Å². The molecule has 1 atom stereocenters. The molecule has 64 valence electrons. The highest BCUT2D eigenvalue weighted by atomic mass is 14.7. The van der Waals surface area contributed by atoms with Crippen molar-refractivity contribution in [3.8, 4) is 0 Å². The van der Waals surface area contributed by atoms with Gasteiger partial charge < -0.3 is 5.73 Å². The van der Waals surface area contributed by atoms with E-state index in [4.69, 9.17) is 5.73 Å². The first kappa shape index (κ1) is 7.60. The van der Waals surface area contributed by atoms with Crippen molar-refractivity contribution in [2.45, 2.75) is 39.0 Å². The van der Waals surface area contributed by atoms with Crippen LogP contribution in [0.2, 0.25) is 0 Å². The molecular weight excluding hydrogens is 134 g/mol. The monoisotopic (exact) mass is 153 g/mol. The minimum atomic E-state index is 0.526. The molecule has 1 nitrogen and oxygen atoms in total. The van der Waals surface area contributed by atoms with E-state index in [9.17, 15) is 0 Å². The number of hydrogen-bond donors (Lipinski definition) is 1. The Kier molecular flexibility index (Phi) is 1.71. The maximum Gasteiger partial charge on any atom is -0.00179 e. The van der Waals surface area contributed by atoms with Crippen LogP contribution < -0.4 is 5.73 Å². The topological polar surface area (TPSA) is 26.0 Å². The SMILES string of the molecule is CC(CN)(C1CCC1)C1CC1. The minimum Gasteiger partial charge on any atom is -0.330 e. The van der Waals surface area contributed by atoms with Gasteiger partial charge in [0.1, 0.15) is 0 Å². The fourth-order valence-corrected chi connectivity index (χ4v) is 2.48. The molecule has 0 aliphatic heterocycles. The summed E-state index contributed by atoms with van der Waals surface area (Å²) in [4.78, 5) is 0. The molecule has 0 saturated heterocycles. The molecule has 0 heterocycles. The van der Waals surface area contributed by atoms with Gasteiger partial charge in [0.15, 0.2) is 0 Å². The van der Waals surface area contributed by atoms with Crippen molar-refractivity contribution in [1.82, 2.24) is 0 Å². The van der Waals surface area contributed by atoms with Gasteiger partial charge in [-0.15, -0.1) is 0 Å². The van der Waals surface area contributed by atoms with E-state index in [-0.39, 0.29) is 0 Å². The lowest BCUT2D eigenvalue weighted by molar-refractivity contribution is 0.0857. The van der Waals surface area contributed by atoms with E-state index in [2.05, 4.69) is 6.92 Å². The fraction of sp³-hybridized carbons (Fsp3) is 1.00. The van der Waals surface area contributed by atoms with E-state index in [0.29, 0.717) is 5.41 Å². The first-order chi connectivity index (χ1) is 5.27. The Hall–Kier alpha value is -0.0400. The highest BCUT2D eigenvalue weighted by molar-refractivity contribution is 4.98. The fourth-order valence-electron chi connectivity index (χ4n) is 2.48. The van der Waals surface area contributed by atoms with Gasteiger partial charge in [0.25, 0.3) is 0 Å². The first-order valence-electron chi connectivity index (χ1n) is 4.97. The zero-order chi connectivity index (χ0) is 7.90. The second-order valence-corrected chi connectivity index (χ2v) is 4.61. The van der Waals surface area contributed by atoms with Crippen molar-refractivity contribution < 1.29 is 0 Å². The summed E-state index contributed by atoms with van der Waals surface area (Å²) in [5.41, 5.74) is 6.38. The van der Waals surface area contributed by atoms with Crippen LogP contribution >= 0.6 is 0 Å². The first-order valence-corrected chi connectivity index (χ1v) is 4.97. The summed E-state index contributed by atoms with van der Waals surface area (Å²) in [6, 6.07) is 0. The Labute approximate surface area is 69.4 Å². The van der Waals surface area contributed by atoms with Crippen molar-refractivity contribution in [1.29, 1.82) is 0 Å². The lowest BCUT2D eigenvalue weighted by Gasteiger charge is -2.42. The number of rotatable bonds is 3. The lowest BCUT2D eigenvalue weighted by Crippen LogP contribution is -2.40. The molecule has 2 aliphatic rings. The van der Waals surface area contributed by atoms with Gasteiger partial charge >= 0.3 is 0 Å². The molecule has 2 N–H and O–H groups in total. The summed E-state index contributed by atoms with van der Waals surface area (Å²) in [6.45, 7) is 3.33. The van der Waals surface area contributed by atoms with Crippen molar-refractivity contribution in [2.24, 2.45) is 23.0 Å². The third-order valence-corrected chi connectivity index (χ3v) is 3.99. The molecule has 2 fully saturated rings. The van der Waals surface area contributed by atoms with Crippen LogP contribution in [-0.4, -0.2) is 6.54 Å². The minimum absolute atomic E-state index is 0.526. The maximum absolute atomic E-state index is 5.86. The average molecular weight is 153 g/mol. The highest BCUT2D eigenvalue weighted by Gasteiger charge is 2.47. The zero-order valence-corrected chi connectivity index (χ0v) is 7.47. The smallest absolute Gasteiger partial charge is 0.00179 e. The largest absolute Gasteiger partial charge is 0.330 e. The predicted octanol–water partition coefficient (Wildman–Crippen LogP) is 2.16. The summed E-state index contributed by atoms with van der Waals surface area (Å²) in [5.74, 6) is 1.96. The molecule has 1 unspecified atom stereocenters. The van der Waals surface area contributed by atoms with Gasteiger partial charge in [-0.05, 0) is 49.5 Å². The maximum atomic E-state index is 5.86. The van der Waals surface area contributed by atoms with Crippen LogP contribution in [0.1, 0.15) is 39.0 Å². The highest BCUT2D eigenvalue weighted by Crippen LogP contribution is 2.54. The van der Waals surface area contributed by atoms with E-state index in [1.807, 2.05) is 0 Å². The zero-order valence-electron chi connectivity index (χ0n) is 7.47. The molecule has 0 amide bonds. The normalized spacial score (nSPS) is 31.1. The Balaban J connectivity index is 2.01. The van der Waals surface area contributed by atoms with Gasteiger partial charge in [0.2, 0.25) is 0 Å². The van der Waals surface area contributed by atoms with E-state index in [1.165, 1.54) is 32.1 Å². The molecule has 2 aliphatic carbocycles. The molecule has 0 aromatic heterocycles. The Morgan fingerprint density at radius 1 is 1.18 bits per heavy atom. The summed E-state index contributed by atoms with van der Waals surface area (Å²) < 4.78 is 0. The Morgan fingerprint density at radius 2 is 1.73 bits per heavy atom. The summed E-state index contributed by atoms with van der Waals surface area (Å²) in [6.07, 6.45) is 7.25. The third kappa shape index (κ3) is 1.10. The van der Waals surface area contributed by atoms with Crippen molar-refractivity contribution in [2.75, 3.05) is 6.54 Å². The average Bonchev–Trinajstić information content (AvgIpc) is 2.63. The van der Waals surface area contributed by atoms with E-state index in [0.717, 1.165) is 18.4 Å². The van der Waals surface area contributed by atoms with Crippen molar-refractivity contribution >= 4 is 0 Å². The van der Waals surface area contributed by atoms with Gasteiger partial charge in [-0.2, -0.15) is 0 Å².